The van der Waals surface area contributed by atoms with Crippen LogP contribution in [0.4, 0.5) is 0 Å². The smallest absolute Gasteiger partial charge is 0.0317 e. The van der Waals surface area contributed by atoms with Crippen molar-refractivity contribution in [2.45, 2.75) is 46.6 Å². The summed E-state index contributed by atoms with van der Waals surface area (Å²) < 4.78 is 0. The van der Waals surface area contributed by atoms with E-state index in [0.717, 1.165) is 13.0 Å². The maximum atomic E-state index is 3.64. The Labute approximate surface area is 129 Å². The van der Waals surface area contributed by atoms with Crippen LogP contribution in [-0.2, 0) is 0 Å². The summed E-state index contributed by atoms with van der Waals surface area (Å²) >= 11 is 0. The van der Waals surface area contributed by atoms with E-state index in [1.807, 2.05) is 0 Å². The summed E-state index contributed by atoms with van der Waals surface area (Å²) in [6.07, 6.45) is 2.30. The number of nitrogens with one attached hydrogen (secondary N) is 1. The Hall–Kier alpha value is -1.60. The van der Waals surface area contributed by atoms with Gasteiger partial charge >= 0.3 is 0 Å². The zero-order chi connectivity index (χ0) is 15.2. The van der Waals surface area contributed by atoms with Gasteiger partial charge in [-0.3, -0.25) is 0 Å². The highest BCUT2D eigenvalue weighted by atomic mass is 14.9. The van der Waals surface area contributed by atoms with Crippen LogP contribution < -0.4 is 5.32 Å². The van der Waals surface area contributed by atoms with E-state index >= 15 is 0 Å². The van der Waals surface area contributed by atoms with E-state index in [1.54, 1.807) is 0 Å². The van der Waals surface area contributed by atoms with Crippen LogP contribution in [0.5, 0.6) is 0 Å². The van der Waals surface area contributed by atoms with E-state index in [4.69, 9.17) is 0 Å². The maximum absolute atomic E-state index is 3.64. The molecule has 2 aromatic rings. The molecule has 0 bridgehead atoms. The highest BCUT2D eigenvalue weighted by Gasteiger charge is 2.10. The molecule has 1 unspecified atom stereocenters. The molecule has 0 aliphatic heterocycles. The van der Waals surface area contributed by atoms with Crippen molar-refractivity contribution in [3.05, 3.63) is 59.2 Å². The van der Waals surface area contributed by atoms with Gasteiger partial charge in [-0.1, -0.05) is 55.8 Å². The molecule has 0 aromatic heterocycles. The van der Waals surface area contributed by atoms with Crippen LogP contribution in [0.1, 0.15) is 49.4 Å². The molecule has 0 saturated heterocycles. The second-order valence-corrected chi connectivity index (χ2v) is 5.86. The van der Waals surface area contributed by atoms with Gasteiger partial charge in [0.2, 0.25) is 0 Å². The second kappa shape index (κ2) is 7.42. The summed E-state index contributed by atoms with van der Waals surface area (Å²) in [6.45, 7) is 9.88. The van der Waals surface area contributed by atoms with E-state index in [0.29, 0.717) is 6.04 Å². The zero-order valence-electron chi connectivity index (χ0n) is 13.7. The third kappa shape index (κ3) is 3.95. The summed E-state index contributed by atoms with van der Waals surface area (Å²) in [5, 5.41) is 3.64. The van der Waals surface area contributed by atoms with Crippen LogP contribution >= 0.6 is 0 Å². The lowest BCUT2D eigenvalue weighted by Gasteiger charge is -2.18. The normalized spacial score (nSPS) is 12.4. The molecule has 2 rings (SSSR count). The van der Waals surface area contributed by atoms with Gasteiger partial charge in [-0.2, -0.15) is 0 Å². The molecule has 0 radical (unpaired) electrons. The van der Waals surface area contributed by atoms with Gasteiger partial charge in [0, 0.05) is 6.04 Å². The molecule has 2 aromatic carbocycles. The molecule has 0 aliphatic carbocycles. The molecule has 112 valence electrons. The molecule has 1 N–H and O–H groups in total. The van der Waals surface area contributed by atoms with Crippen LogP contribution in [0.25, 0.3) is 11.1 Å². The largest absolute Gasteiger partial charge is 0.310 e. The lowest BCUT2D eigenvalue weighted by molar-refractivity contribution is 0.518. The zero-order valence-corrected chi connectivity index (χ0v) is 13.7. The summed E-state index contributed by atoms with van der Waals surface area (Å²) in [5.41, 5.74) is 6.73. The summed E-state index contributed by atoms with van der Waals surface area (Å²) in [6, 6.07) is 16.1. The van der Waals surface area contributed by atoms with Crippen molar-refractivity contribution in [3.8, 4) is 11.1 Å². The molecular weight excluding hydrogens is 254 g/mol. The first-order valence-electron chi connectivity index (χ1n) is 8.06. The van der Waals surface area contributed by atoms with Gasteiger partial charge < -0.3 is 5.32 Å². The van der Waals surface area contributed by atoms with E-state index in [9.17, 15) is 0 Å². The first-order valence-corrected chi connectivity index (χ1v) is 8.06. The summed E-state index contributed by atoms with van der Waals surface area (Å²) in [7, 11) is 0. The molecule has 0 amide bonds. The topological polar surface area (TPSA) is 12.0 Å². The molecule has 1 heteroatoms. The molecule has 1 nitrogen and oxygen atoms in total. The number of hydrogen-bond donors (Lipinski definition) is 1. The van der Waals surface area contributed by atoms with Crippen molar-refractivity contribution in [1.82, 2.24) is 5.32 Å². The Morgan fingerprint density at radius 3 is 2.48 bits per heavy atom. The van der Waals surface area contributed by atoms with Gasteiger partial charge in [0.25, 0.3) is 0 Å². The fraction of sp³-hybridized carbons (Fsp3) is 0.400. The quantitative estimate of drug-likeness (QED) is 0.745. The third-order valence-corrected chi connectivity index (χ3v) is 4.03. The van der Waals surface area contributed by atoms with Crippen LogP contribution in [0, 0.1) is 13.8 Å². The fourth-order valence-corrected chi connectivity index (χ4v) is 2.88. The molecule has 0 aliphatic rings. The minimum Gasteiger partial charge on any atom is -0.310 e. The van der Waals surface area contributed by atoms with Crippen molar-refractivity contribution < 1.29 is 0 Å². The molecule has 1 atom stereocenters. The molecule has 0 heterocycles. The highest BCUT2D eigenvalue weighted by molar-refractivity contribution is 5.68. The lowest BCUT2D eigenvalue weighted by Crippen LogP contribution is -2.21. The van der Waals surface area contributed by atoms with Crippen molar-refractivity contribution in [3.63, 3.8) is 0 Å². The third-order valence-electron chi connectivity index (χ3n) is 4.03. The Kier molecular flexibility index (Phi) is 5.58. The minimum absolute atomic E-state index is 0.454. The standard InChI is InChI=1S/C20H27N/c1-5-12-21-20(6-2)18-9-7-8-17(14-18)19-11-10-15(3)13-16(19)4/h7-11,13-14,20-21H,5-6,12H2,1-4H3. The van der Waals surface area contributed by atoms with Gasteiger partial charge in [-0.05, 0) is 61.6 Å². The second-order valence-electron chi connectivity index (χ2n) is 5.86. The van der Waals surface area contributed by atoms with Gasteiger partial charge in [-0.25, -0.2) is 0 Å². The number of benzene rings is 2. The van der Waals surface area contributed by atoms with Gasteiger partial charge in [0.15, 0.2) is 0 Å². The molecule has 0 spiro atoms. The molecule has 0 fully saturated rings. The first-order chi connectivity index (χ1) is 10.2. The van der Waals surface area contributed by atoms with E-state index in [1.165, 1.54) is 34.2 Å². The maximum Gasteiger partial charge on any atom is 0.0317 e. The Balaban J connectivity index is 2.32. The highest BCUT2D eigenvalue weighted by Crippen LogP contribution is 2.27. The van der Waals surface area contributed by atoms with Crippen LogP contribution in [0.3, 0.4) is 0 Å². The monoisotopic (exact) mass is 281 g/mol. The predicted molar refractivity (Wildman–Crippen MR) is 92.7 cm³/mol. The van der Waals surface area contributed by atoms with Crippen LogP contribution in [0.2, 0.25) is 0 Å². The fourth-order valence-electron chi connectivity index (χ4n) is 2.88. The molecular formula is C20H27N. The Bertz CT molecular complexity index is 586. The number of hydrogen-bond acceptors (Lipinski definition) is 1. The summed E-state index contributed by atoms with van der Waals surface area (Å²) in [5.74, 6) is 0. The Morgan fingerprint density at radius 1 is 1.00 bits per heavy atom. The average Bonchev–Trinajstić information content (AvgIpc) is 2.48. The predicted octanol–water partition coefficient (Wildman–Crippen LogP) is 5.42. The van der Waals surface area contributed by atoms with E-state index in [2.05, 4.69) is 75.5 Å². The summed E-state index contributed by atoms with van der Waals surface area (Å²) in [4.78, 5) is 0. The van der Waals surface area contributed by atoms with Crippen LogP contribution in [-0.4, -0.2) is 6.54 Å². The van der Waals surface area contributed by atoms with Crippen molar-refractivity contribution in [1.29, 1.82) is 0 Å². The van der Waals surface area contributed by atoms with Crippen molar-refractivity contribution >= 4 is 0 Å². The Morgan fingerprint density at radius 2 is 1.81 bits per heavy atom. The molecule has 0 saturated carbocycles. The average molecular weight is 281 g/mol. The van der Waals surface area contributed by atoms with Crippen LogP contribution in [0.15, 0.2) is 42.5 Å². The van der Waals surface area contributed by atoms with E-state index < -0.39 is 0 Å². The van der Waals surface area contributed by atoms with Gasteiger partial charge in [0.1, 0.15) is 0 Å². The number of rotatable bonds is 6. The first kappa shape index (κ1) is 15.8. The number of aryl methyl sites for hydroxylation is 2. The lowest BCUT2D eigenvalue weighted by atomic mass is 9.95. The molecule has 21 heavy (non-hydrogen) atoms. The van der Waals surface area contributed by atoms with Crippen molar-refractivity contribution in [2.75, 3.05) is 6.54 Å². The SMILES string of the molecule is CCCNC(CC)c1cccc(-c2ccc(C)cc2C)c1. The van der Waals surface area contributed by atoms with E-state index in [-0.39, 0.29) is 0 Å². The minimum atomic E-state index is 0.454. The van der Waals surface area contributed by atoms with Gasteiger partial charge in [-0.15, -0.1) is 0 Å². The van der Waals surface area contributed by atoms with Crippen molar-refractivity contribution in [2.24, 2.45) is 0 Å². The van der Waals surface area contributed by atoms with Gasteiger partial charge in [0.05, 0.1) is 0 Å².